The Kier molecular flexibility index (Phi) is 7.12. The number of pyridine rings is 2. The van der Waals surface area contributed by atoms with Crippen molar-refractivity contribution in [3.8, 4) is 29.9 Å². The maximum atomic E-state index is 12.9. The Morgan fingerprint density at radius 3 is 2.76 bits per heavy atom. The van der Waals surface area contributed by atoms with E-state index in [2.05, 4.69) is 32.6 Å². The van der Waals surface area contributed by atoms with Crippen LogP contribution in [0.2, 0.25) is 0 Å². The number of benzene rings is 2. The third kappa shape index (κ3) is 7.39. The number of aromatic nitrogens is 2. The van der Waals surface area contributed by atoms with Crippen molar-refractivity contribution in [2.45, 2.75) is 13.5 Å². The molecule has 4 aromatic rings. The Morgan fingerprint density at radius 2 is 2.02 bits per heavy atom. The Bertz CT molecular complexity index is 1850. The molecule has 2 aromatic heterocycles. The van der Waals surface area contributed by atoms with E-state index in [9.17, 15) is 10.1 Å². The summed E-state index contributed by atoms with van der Waals surface area (Å²) in [7, 11) is 0. The predicted octanol–water partition coefficient (Wildman–Crippen LogP) is 5.26. The lowest BCUT2D eigenvalue weighted by Crippen LogP contribution is -2.13. The molecule has 4 rings (SSSR count). The van der Waals surface area contributed by atoms with Crippen LogP contribution in [0.25, 0.3) is 10.9 Å². The number of nitrogens with zero attached hydrogens (tertiary/aromatic N) is 4. The van der Waals surface area contributed by atoms with Crippen LogP contribution >= 0.6 is 0 Å². The summed E-state index contributed by atoms with van der Waals surface area (Å²) in [6.45, 7) is -4.06. The minimum Gasteiger partial charge on any atom is -0.492 e. The molecular weight excluding hydrogens is 516 g/mol. The summed E-state index contributed by atoms with van der Waals surface area (Å²) in [6, 6.07) is 16.0. The van der Waals surface area contributed by atoms with Gasteiger partial charge in [0.25, 0.3) is 0 Å². The summed E-state index contributed by atoms with van der Waals surface area (Å²) in [5, 5.41) is 16.3. The van der Waals surface area contributed by atoms with Gasteiger partial charge >= 0.3 is 0 Å². The van der Waals surface area contributed by atoms with E-state index in [0.717, 1.165) is 17.8 Å². The van der Waals surface area contributed by atoms with Gasteiger partial charge in [-0.15, -0.1) is 6.42 Å². The molecule has 0 radical (unpaired) electrons. The number of rotatable bonds is 11. The third-order valence-electron chi connectivity index (χ3n) is 5.71. The highest BCUT2D eigenvalue weighted by Gasteiger charge is 2.16. The van der Waals surface area contributed by atoms with Crippen molar-refractivity contribution in [2.75, 3.05) is 37.7 Å². The fraction of sp³-hybridized carbons (Fsp3) is 0.188. The van der Waals surface area contributed by atoms with Crippen LogP contribution in [0.4, 0.5) is 17.1 Å². The van der Waals surface area contributed by atoms with E-state index >= 15 is 0 Å². The number of nitriles is 1. The fourth-order valence-corrected chi connectivity index (χ4v) is 3.88. The van der Waals surface area contributed by atoms with E-state index in [1.54, 1.807) is 43.5 Å². The first-order valence-corrected chi connectivity index (χ1v) is 12.5. The van der Waals surface area contributed by atoms with Crippen LogP contribution < -0.4 is 20.1 Å². The van der Waals surface area contributed by atoms with Gasteiger partial charge in [0.1, 0.15) is 24.2 Å². The van der Waals surface area contributed by atoms with Crippen molar-refractivity contribution in [3.05, 3.63) is 89.9 Å². The van der Waals surface area contributed by atoms with Crippen LogP contribution in [0.15, 0.2) is 73.1 Å². The molecule has 9 nitrogen and oxygen atoms in total. The van der Waals surface area contributed by atoms with Gasteiger partial charge in [0.2, 0.25) is 5.91 Å². The van der Waals surface area contributed by atoms with Gasteiger partial charge in [0.15, 0.2) is 0 Å². The summed E-state index contributed by atoms with van der Waals surface area (Å²) >= 11 is 0. The van der Waals surface area contributed by atoms with Gasteiger partial charge in [-0.1, -0.05) is 18.1 Å². The molecule has 0 saturated carbocycles. The van der Waals surface area contributed by atoms with Gasteiger partial charge in [0.05, 0.1) is 40.3 Å². The van der Waals surface area contributed by atoms with Crippen molar-refractivity contribution >= 4 is 33.9 Å². The molecule has 0 saturated heterocycles. The number of terminal acetylenes is 1. The zero-order chi connectivity index (χ0) is 34.2. The molecule has 0 spiro atoms. The zero-order valence-corrected chi connectivity index (χ0v) is 22.1. The maximum absolute atomic E-state index is 12.9. The lowest BCUT2D eigenvalue weighted by Gasteiger charge is -2.16. The molecule has 0 atom stereocenters. The largest absolute Gasteiger partial charge is 0.492 e. The molecule has 1 amide bonds. The van der Waals surface area contributed by atoms with Gasteiger partial charge in [-0.05, 0) is 57.3 Å². The molecule has 206 valence electrons. The molecule has 0 unspecified atom stereocenters. The minimum absolute atomic E-state index is 0.214. The molecule has 0 aliphatic heterocycles. The predicted molar refractivity (Wildman–Crippen MR) is 160 cm³/mol. The van der Waals surface area contributed by atoms with Gasteiger partial charge in [-0.25, -0.2) is 0 Å². The van der Waals surface area contributed by atoms with Crippen molar-refractivity contribution in [3.63, 3.8) is 0 Å². The Labute approximate surface area is 247 Å². The van der Waals surface area contributed by atoms with E-state index in [-0.39, 0.29) is 24.5 Å². The first-order chi connectivity index (χ1) is 22.3. The molecule has 2 aromatic carbocycles. The number of hydrogen-bond donors (Lipinski definition) is 2. The number of carbonyl (C=O) groups is 1. The van der Waals surface area contributed by atoms with E-state index in [4.69, 9.17) is 24.1 Å². The summed E-state index contributed by atoms with van der Waals surface area (Å²) in [5.41, 5.74) is 3.06. The molecule has 41 heavy (non-hydrogen) atoms. The fourth-order valence-electron chi connectivity index (χ4n) is 3.88. The highest BCUT2D eigenvalue weighted by atomic mass is 16.5. The number of hydrogen-bond acceptors (Lipinski definition) is 8. The summed E-state index contributed by atoms with van der Waals surface area (Å²) < 4.78 is 56.5. The number of ether oxygens (including phenoxy) is 2. The second-order valence-corrected chi connectivity index (χ2v) is 8.55. The second-order valence-electron chi connectivity index (χ2n) is 8.55. The van der Waals surface area contributed by atoms with E-state index in [1.165, 1.54) is 6.20 Å². The average Bonchev–Trinajstić information content (AvgIpc) is 3.02. The van der Waals surface area contributed by atoms with Crippen LogP contribution in [-0.2, 0) is 11.4 Å². The van der Waals surface area contributed by atoms with Gasteiger partial charge in [-0.3, -0.25) is 14.8 Å². The standard InChI is InChI=1S/C32H30N6O3/c1-5-22-16-24(12-13-29(22)41-21-25-10-7-8-14-34-25)36-32-23(19-33)20-35-27-18-30(40-6-2)28(17-26(27)32)37-31(39)11-9-15-38(3)4/h1,7-14,16-18,20H,6,15,21H2,2-4H3,(H,35,36)(H,37,39)/b11-9+/i3D3,4D3. The van der Waals surface area contributed by atoms with E-state index in [1.807, 2.05) is 18.2 Å². The minimum atomic E-state index is -2.89. The van der Waals surface area contributed by atoms with Gasteiger partial charge < -0.3 is 25.0 Å². The molecule has 0 bridgehead atoms. The molecule has 0 aliphatic rings. The van der Waals surface area contributed by atoms with Crippen molar-refractivity contribution < 1.29 is 22.5 Å². The van der Waals surface area contributed by atoms with Crippen LogP contribution in [0, 0.1) is 23.7 Å². The average molecular weight is 553 g/mol. The molecule has 0 aliphatic carbocycles. The SMILES string of the molecule is [2H]C([2H])([2H])N(C/C=C/C(=O)Nc1cc2c(Nc3ccc(OCc4ccccn4)c(C#C)c3)c(C#N)cnc2cc1OCC)C([2H])([2H])[2H]. The Morgan fingerprint density at radius 1 is 1.15 bits per heavy atom. The highest BCUT2D eigenvalue weighted by molar-refractivity contribution is 6.04. The summed E-state index contributed by atoms with van der Waals surface area (Å²) in [4.78, 5) is 21.8. The Hall–Kier alpha value is -5.38. The lowest BCUT2D eigenvalue weighted by atomic mass is 10.1. The van der Waals surface area contributed by atoms with E-state index < -0.39 is 26.4 Å². The van der Waals surface area contributed by atoms with Crippen LogP contribution in [-0.4, -0.2) is 47.9 Å². The molecule has 2 N–H and O–H groups in total. The molecule has 9 heteroatoms. The summed E-state index contributed by atoms with van der Waals surface area (Å²) in [5.74, 6) is 2.72. The maximum Gasteiger partial charge on any atom is 0.248 e. The Balaban J connectivity index is 1.64. The van der Waals surface area contributed by atoms with Crippen LogP contribution in [0.3, 0.4) is 0 Å². The first kappa shape index (κ1) is 21.4. The monoisotopic (exact) mass is 552 g/mol. The summed E-state index contributed by atoms with van der Waals surface area (Å²) in [6.07, 6.45) is 11.0. The normalized spacial score (nSPS) is 13.6. The third-order valence-corrected chi connectivity index (χ3v) is 5.71. The van der Waals surface area contributed by atoms with Crippen molar-refractivity contribution in [1.82, 2.24) is 14.9 Å². The number of fused-ring (bicyclic) bond motifs is 1. The molecule has 0 fully saturated rings. The van der Waals surface area contributed by atoms with Gasteiger partial charge in [0, 0.05) is 50.4 Å². The number of amides is 1. The quantitative estimate of drug-likeness (QED) is 0.191. The smallest absolute Gasteiger partial charge is 0.248 e. The molecular formula is C32H30N6O3. The number of carbonyl (C=O) groups excluding carboxylic acids is 1. The second kappa shape index (κ2) is 13.6. The van der Waals surface area contributed by atoms with Crippen LogP contribution in [0.1, 0.15) is 32.0 Å². The zero-order valence-electron chi connectivity index (χ0n) is 28.1. The number of anilines is 3. The van der Waals surface area contributed by atoms with Gasteiger partial charge in [-0.2, -0.15) is 5.26 Å². The number of nitrogens with one attached hydrogen (secondary N) is 2. The first-order valence-electron chi connectivity index (χ1n) is 15.5. The van der Waals surface area contributed by atoms with Crippen molar-refractivity contribution in [2.24, 2.45) is 0 Å². The van der Waals surface area contributed by atoms with Crippen LogP contribution in [0.5, 0.6) is 11.5 Å². The highest BCUT2D eigenvalue weighted by Crippen LogP contribution is 2.36. The van der Waals surface area contributed by atoms with Crippen molar-refractivity contribution in [1.29, 1.82) is 5.26 Å². The van der Waals surface area contributed by atoms with E-state index in [0.29, 0.717) is 44.2 Å². The lowest BCUT2D eigenvalue weighted by molar-refractivity contribution is -0.111. The topological polar surface area (TPSA) is 112 Å². The number of likely N-dealkylation sites (N-methyl/N-ethyl adjacent to an activating group) is 1. The molecule has 2 heterocycles.